The lowest BCUT2D eigenvalue weighted by atomic mass is 10.1. The lowest BCUT2D eigenvalue weighted by Crippen LogP contribution is -2.30. The van der Waals surface area contributed by atoms with E-state index in [0.29, 0.717) is 18.5 Å². The van der Waals surface area contributed by atoms with Gasteiger partial charge in [0, 0.05) is 25.7 Å². The van der Waals surface area contributed by atoms with Crippen molar-refractivity contribution in [2.75, 3.05) is 30.4 Å². The molecule has 0 aromatic carbocycles. The number of anilines is 2. The first-order valence-corrected chi connectivity index (χ1v) is 11.0. The molecule has 4 heterocycles. The monoisotopic (exact) mass is 427 g/mol. The van der Waals surface area contributed by atoms with E-state index >= 15 is 0 Å². The summed E-state index contributed by atoms with van der Waals surface area (Å²) in [7, 11) is 0. The van der Waals surface area contributed by atoms with Crippen LogP contribution >= 0.6 is 0 Å². The highest BCUT2D eigenvalue weighted by Gasteiger charge is 2.18. The first-order valence-electron chi connectivity index (χ1n) is 11.0. The van der Waals surface area contributed by atoms with Gasteiger partial charge in [-0.05, 0) is 43.7 Å². The van der Waals surface area contributed by atoms with Gasteiger partial charge in [0.15, 0.2) is 11.5 Å². The molecule has 1 saturated heterocycles. The van der Waals surface area contributed by atoms with E-state index in [2.05, 4.69) is 33.0 Å². The summed E-state index contributed by atoms with van der Waals surface area (Å²) in [6.07, 6.45) is 8.79. The van der Waals surface area contributed by atoms with Gasteiger partial charge in [0.1, 0.15) is 18.6 Å². The predicted octanol–water partition coefficient (Wildman–Crippen LogP) is 3.51. The van der Waals surface area contributed by atoms with Crippen molar-refractivity contribution in [1.29, 1.82) is 0 Å². The molecule has 1 aliphatic rings. The highest BCUT2D eigenvalue weighted by Crippen LogP contribution is 2.24. The lowest BCUT2D eigenvalue weighted by Gasteiger charge is -2.29. The number of ether oxygens (including phenoxy) is 1. The Labute approximate surface area is 181 Å². The molecule has 0 amide bonds. The van der Waals surface area contributed by atoms with Crippen LogP contribution in [0.25, 0.3) is 5.65 Å². The molecule has 1 atom stereocenters. The number of nitrogen functional groups attached to an aromatic ring is 1. The molecule has 9 heteroatoms. The number of nitrogens with zero attached hydrogens (tertiary/aromatic N) is 6. The Bertz CT molecular complexity index is 1030. The van der Waals surface area contributed by atoms with Gasteiger partial charge in [0.05, 0.1) is 11.9 Å². The molecular weight excluding hydrogens is 397 g/mol. The molecule has 1 fully saturated rings. The van der Waals surface area contributed by atoms with Crippen LogP contribution in [0.1, 0.15) is 55.8 Å². The zero-order chi connectivity index (χ0) is 21.8. The van der Waals surface area contributed by atoms with Crippen molar-refractivity contribution < 1.29 is 9.13 Å². The number of hydrogen-bond acceptors (Lipinski definition) is 7. The van der Waals surface area contributed by atoms with Crippen LogP contribution in [0.3, 0.4) is 0 Å². The standard InChI is InChI=1S/C22H30FN7O/c1-3-7-18(12-23)31-22-27-19(24)21-26-14-17(30(21)28-22)11-16-10-15(2)20(25-13-16)29-8-5-4-6-9-29/h10,13-14,18H,3-9,11-12H2,1-2H3,(H2,24,27,28)/t18-/m0/s1. The number of rotatable bonds is 8. The number of nitrogens with two attached hydrogens (primary N) is 1. The fraction of sp³-hybridized carbons (Fsp3) is 0.545. The Morgan fingerprint density at radius 2 is 2.00 bits per heavy atom. The molecule has 0 aliphatic carbocycles. The van der Waals surface area contributed by atoms with Gasteiger partial charge in [-0.15, -0.1) is 5.10 Å². The minimum absolute atomic E-state index is 0.0649. The second-order valence-electron chi connectivity index (χ2n) is 8.16. The van der Waals surface area contributed by atoms with Crippen molar-refractivity contribution >= 4 is 17.3 Å². The van der Waals surface area contributed by atoms with Gasteiger partial charge in [0.25, 0.3) is 0 Å². The average molecular weight is 428 g/mol. The minimum atomic E-state index is -0.597. The van der Waals surface area contributed by atoms with Crippen LogP contribution in [0.5, 0.6) is 6.01 Å². The molecule has 0 unspecified atom stereocenters. The Hall–Kier alpha value is -2.97. The van der Waals surface area contributed by atoms with Gasteiger partial charge in [-0.3, -0.25) is 0 Å². The van der Waals surface area contributed by atoms with E-state index < -0.39 is 12.8 Å². The fourth-order valence-corrected chi connectivity index (χ4v) is 4.11. The molecule has 3 aromatic rings. The number of halogens is 1. The molecular formula is C22H30FN7O. The summed E-state index contributed by atoms with van der Waals surface area (Å²) in [5.74, 6) is 1.28. The number of alkyl halides is 1. The number of imidazole rings is 1. The summed E-state index contributed by atoms with van der Waals surface area (Å²) >= 11 is 0. The molecule has 31 heavy (non-hydrogen) atoms. The zero-order valence-corrected chi connectivity index (χ0v) is 18.2. The highest BCUT2D eigenvalue weighted by molar-refractivity contribution is 5.60. The van der Waals surface area contributed by atoms with E-state index in [1.54, 1.807) is 10.7 Å². The molecule has 0 radical (unpaired) electrons. The molecule has 8 nitrogen and oxygen atoms in total. The minimum Gasteiger partial charge on any atom is -0.456 e. The summed E-state index contributed by atoms with van der Waals surface area (Å²) in [5, 5.41) is 4.42. The summed E-state index contributed by atoms with van der Waals surface area (Å²) in [5.41, 5.74) is 9.58. The second-order valence-corrected chi connectivity index (χ2v) is 8.16. The van der Waals surface area contributed by atoms with Gasteiger partial charge in [0.2, 0.25) is 0 Å². The largest absolute Gasteiger partial charge is 0.456 e. The molecule has 0 spiro atoms. The molecule has 4 rings (SSSR count). The van der Waals surface area contributed by atoms with Crippen molar-refractivity contribution in [3.8, 4) is 6.01 Å². The zero-order valence-electron chi connectivity index (χ0n) is 18.2. The maximum absolute atomic E-state index is 13.2. The highest BCUT2D eigenvalue weighted by atomic mass is 19.1. The maximum atomic E-state index is 13.2. The van der Waals surface area contributed by atoms with Crippen molar-refractivity contribution in [3.05, 3.63) is 35.3 Å². The average Bonchev–Trinajstić information content (AvgIpc) is 3.17. The number of fused-ring (bicyclic) bond motifs is 1. The quantitative estimate of drug-likeness (QED) is 0.588. The van der Waals surface area contributed by atoms with E-state index in [0.717, 1.165) is 42.1 Å². The summed E-state index contributed by atoms with van der Waals surface area (Å²) in [6.45, 7) is 5.62. The van der Waals surface area contributed by atoms with Crippen LogP contribution in [0.15, 0.2) is 18.5 Å². The maximum Gasteiger partial charge on any atom is 0.336 e. The van der Waals surface area contributed by atoms with E-state index in [1.165, 1.54) is 19.3 Å². The van der Waals surface area contributed by atoms with Gasteiger partial charge in [-0.2, -0.15) is 4.98 Å². The number of piperidine rings is 1. The normalized spacial score (nSPS) is 15.4. The first kappa shape index (κ1) is 21.3. The van der Waals surface area contributed by atoms with E-state index in [9.17, 15) is 4.39 Å². The molecule has 3 aromatic heterocycles. The molecule has 0 saturated carbocycles. The van der Waals surface area contributed by atoms with Gasteiger partial charge < -0.3 is 15.4 Å². The SMILES string of the molecule is CCC[C@@H](CF)Oc1nc(N)c2ncc(Cc3cnc(N4CCCCC4)c(C)c3)n2n1. The predicted molar refractivity (Wildman–Crippen MR) is 118 cm³/mol. The lowest BCUT2D eigenvalue weighted by molar-refractivity contribution is 0.139. The Balaban J connectivity index is 1.57. The number of hydrogen-bond donors (Lipinski definition) is 1. The summed E-state index contributed by atoms with van der Waals surface area (Å²) < 4.78 is 20.5. The number of pyridine rings is 1. The third kappa shape index (κ3) is 4.70. The summed E-state index contributed by atoms with van der Waals surface area (Å²) in [6, 6.07) is 2.23. The van der Waals surface area contributed by atoms with E-state index in [-0.39, 0.29) is 11.8 Å². The van der Waals surface area contributed by atoms with Gasteiger partial charge in [-0.1, -0.05) is 19.4 Å². The van der Waals surface area contributed by atoms with Crippen LogP contribution in [-0.2, 0) is 6.42 Å². The number of aromatic nitrogens is 5. The Morgan fingerprint density at radius 3 is 2.71 bits per heavy atom. The van der Waals surface area contributed by atoms with Crippen LogP contribution < -0.4 is 15.4 Å². The van der Waals surface area contributed by atoms with Crippen molar-refractivity contribution in [2.24, 2.45) is 0 Å². The Kier molecular flexibility index (Phi) is 6.48. The topological polar surface area (TPSA) is 94.5 Å². The molecule has 166 valence electrons. The summed E-state index contributed by atoms with van der Waals surface area (Å²) in [4.78, 5) is 15.6. The third-order valence-electron chi connectivity index (χ3n) is 5.64. The van der Waals surface area contributed by atoms with Gasteiger partial charge in [-0.25, -0.2) is 18.9 Å². The van der Waals surface area contributed by atoms with Crippen molar-refractivity contribution in [3.63, 3.8) is 0 Å². The number of aryl methyl sites for hydroxylation is 1. The van der Waals surface area contributed by atoms with Crippen LogP contribution in [0.4, 0.5) is 16.0 Å². The first-order chi connectivity index (χ1) is 15.1. The van der Waals surface area contributed by atoms with Crippen LogP contribution in [-0.4, -0.2) is 50.4 Å². The third-order valence-corrected chi connectivity index (χ3v) is 5.64. The second kappa shape index (κ2) is 9.45. The smallest absolute Gasteiger partial charge is 0.336 e. The van der Waals surface area contributed by atoms with E-state index in [1.807, 2.05) is 13.1 Å². The Morgan fingerprint density at radius 1 is 1.19 bits per heavy atom. The van der Waals surface area contributed by atoms with Crippen LogP contribution in [0.2, 0.25) is 0 Å². The van der Waals surface area contributed by atoms with Gasteiger partial charge >= 0.3 is 6.01 Å². The molecule has 1 aliphatic heterocycles. The van der Waals surface area contributed by atoms with Crippen LogP contribution in [0, 0.1) is 6.92 Å². The van der Waals surface area contributed by atoms with E-state index in [4.69, 9.17) is 15.5 Å². The molecule has 0 bridgehead atoms. The van der Waals surface area contributed by atoms with Crippen molar-refractivity contribution in [1.82, 2.24) is 24.6 Å². The molecule has 2 N–H and O–H groups in total. The van der Waals surface area contributed by atoms with Crippen molar-refractivity contribution in [2.45, 2.75) is 58.5 Å². The fourth-order valence-electron chi connectivity index (χ4n) is 4.11.